The van der Waals surface area contributed by atoms with Crippen molar-refractivity contribution in [3.05, 3.63) is 57.1 Å². The molecule has 0 atom stereocenters. The molecule has 4 bridgehead atoms. The Morgan fingerprint density at radius 3 is 2.71 bits per heavy atom. The number of aromatic nitrogens is 3. The third kappa shape index (κ3) is 4.85. The van der Waals surface area contributed by atoms with E-state index in [0.29, 0.717) is 53.2 Å². The third-order valence-electron chi connectivity index (χ3n) is 6.35. The van der Waals surface area contributed by atoms with Crippen LogP contribution in [0.15, 0.2) is 46.0 Å². The van der Waals surface area contributed by atoms with Gasteiger partial charge in [-0.2, -0.15) is 0 Å². The summed E-state index contributed by atoms with van der Waals surface area (Å²) in [6.07, 6.45) is 2.75. The molecule has 0 amide bonds. The van der Waals surface area contributed by atoms with Crippen molar-refractivity contribution in [1.29, 1.82) is 0 Å². The van der Waals surface area contributed by atoms with Crippen LogP contribution in [0.5, 0.6) is 5.75 Å². The smallest absolute Gasteiger partial charge is 0.279 e. The maximum absolute atomic E-state index is 13.8. The highest BCUT2D eigenvalue weighted by Crippen LogP contribution is 2.31. The molecule has 2 aromatic carbocycles. The summed E-state index contributed by atoms with van der Waals surface area (Å²) in [7, 11) is -1.26. The van der Waals surface area contributed by atoms with Gasteiger partial charge in [-0.3, -0.25) is 18.1 Å². The highest BCUT2D eigenvalue weighted by atomic mass is 32.1. The second-order valence-electron chi connectivity index (χ2n) is 10.3. The SMILES string of the molecule is C[Si](C)(C)CCOCn1c(=O)c2nc3c(cccc31)OCCCCCn1sc3c-2cccc3c1=O. The van der Waals surface area contributed by atoms with Crippen molar-refractivity contribution in [2.45, 2.75) is 58.2 Å². The van der Waals surface area contributed by atoms with Crippen LogP contribution >= 0.6 is 11.5 Å². The van der Waals surface area contributed by atoms with E-state index in [1.54, 1.807) is 8.52 Å². The molecule has 0 saturated carbocycles. The Labute approximate surface area is 209 Å². The van der Waals surface area contributed by atoms with Gasteiger partial charge in [-0.1, -0.05) is 49.4 Å². The molecule has 0 N–H and O–H groups in total. The molecule has 5 rings (SSSR count). The summed E-state index contributed by atoms with van der Waals surface area (Å²) in [4.78, 5) is 31.7. The van der Waals surface area contributed by atoms with Crippen LogP contribution in [0.1, 0.15) is 19.3 Å². The van der Waals surface area contributed by atoms with E-state index in [0.717, 1.165) is 30.0 Å². The second-order valence-corrected chi connectivity index (χ2v) is 16.9. The Bertz CT molecular complexity index is 1500. The number of benzene rings is 2. The maximum Gasteiger partial charge on any atom is 0.279 e. The van der Waals surface area contributed by atoms with Crippen molar-refractivity contribution < 1.29 is 9.47 Å². The van der Waals surface area contributed by atoms with E-state index in [9.17, 15) is 9.59 Å². The molecule has 0 aliphatic carbocycles. The average molecular weight is 510 g/mol. The van der Waals surface area contributed by atoms with Crippen molar-refractivity contribution in [2.75, 3.05) is 13.2 Å². The van der Waals surface area contributed by atoms with Crippen molar-refractivity contribution in [3.63, 3.8) is 0 Å². The average Bonchev–Trinajstić information content (AvgIpc) is 3.14. The molecule has 1 aliphatic rings. The minimum absolute atomic E-state index is 0.00513. The molecule has 0 unspecified atom stereocenters. The number of aryl methyl sites for hydroxylation is 1. The number of ether oxygens (including phenoxy) is 2. The van der Waals surface area contributed by atoms with Gasteiger partial charge < -0.3 is 9.47 Å². The first-order valence-corrected chi connectivity index (χ1v) is 16.7. The van der Waals surface area contributed by atoms with Crippen LogP contribution in [-0.2, 0) is 18.0 Å². The molecule has 7 nitrogen and oxygen atoms in total. The summed E-state index contributed by atoms with van der Waals surface area (Å²) in [5.41, 5.74) is 2.09. The summed E-state index contributed by atoms with van der Waals surface area (Å²) >= 11 is 1.42. The molecule has 2 aromatic heterocycles. The number of fused-ring (bicyclic) bond motifs is 3. The van der Waals surface area contributed by atoms with Crippen LogP contribution in [-0.4, -0.2) is 34.8 Å². The summed E-state index contributed by atoms with van der Waals surface area (Å²) in [6.45, 7) is 8.89. The van der Waals surface area contributed by atoms with E-state index in [1.165, 1.54) is 11.5 Å². The molecule has 4 aromatic rings. The fourth-order valence-electron chi connectivity index (χ4n) is 4.33. The topological polar surface area (TPSA) is 75.4 Å². The summed E-state index contributed by atoms with van der Waals surface area (Å²) < 4.78 is 16.4. The Kier molecular flexibility index (Phi) is 6.65. The van der Waals surface area contributed by atoms with Crippen LogP contribution < -0.4 is 15.9 Å². The summed E-state index contributed by atoms with van der Waals surface area (Å²) in [5.74, 6) is 0.662. The lowest BCUT2D eigenvalue weighted by Crippen LogP contribution is -2.27. The van der Waals surface area contributed by atoms with Gasteiger partial charge in [0.15, 0.2) is 0 Å². The lowest BCUT2D eigenvalue weighted by molar-refractivity contribution is 0.0878. The predicted molar refractivity (Wildman–Crippen MR) is 145 cm³/mol. The normalized spacial score (nSPS) is 14.5. The Balaban J connectivity index is 1.71. The molecular weight excluding hydrogens is 478 g/mol. The number of hydrogen-bond donors (Lipinski definition) is 0. The first-order chi connectivity index (χ1) is 16.8. The Morgan fingerprint density at radius 2 is 1.89 bits per heavy atom. The first kappa shape index (κ1) is 24.0. The molecule has 0 saturated heterocycles. The molecule has 0 fully saturated rings. The van der Waals surface area contributed by atoms with Gasteiger partial charge in [0.25, 0.3) is 11.1 Å². The molecule has 3 heterocycles. The number of hydrogen-bond acceptors (Lipinski definition) is 6. The lowest BCUT2D eigenvalue weighted by atomic mass is 10.1. The number of rotatable bonds is 5. The Morgan fingerprint density at radius 1 is 1.06 bits per heavy atom. The Hall–Kier alpha value is -2.75. The van der Waals surface area contributed by atoms with Crippen molar-refractivity contribution in [3.8, 4) is 17.0 Å². The van der Waals surface area contributed by atoms with Crippen LogP contribution in [0.4, 0.5) is 0 Å². The van der Waals surface area contributed by atoms with E-state index in [-0.39, 0.29) is 17.8 Å². The highest BCUT2D eigenvalue weighted by Gasteiger charge is 2.21. The van der Waals surface area contributed by atoms with Crippen LogP contribution in [0.3, 0.4) is 0 Å². The van der Waals surface area contributed by atoms with E-state index < -0.39 is 8.07 Å². The molecule has 35 heavy (non-hydrogen) atoms. The predicted octanol–water partition coefficient (Wildman–Crippen LogP) is 5.31. The summed E-state index contributed by atoms with van der Waals surface area (Å²) in [5, 5.41) is 0.631. The quantitative estimate of drug-likeness (QED) is 0.269. The van der Waals surface area contributed by atoms with Gasteiger partial charge in [0.1, 0.15) is 23.7 Å². The molecule has 184 valence electrons. The fourth-order valence-corrected chi connectivity index (χ4v) is 6.23. The number of nitrogens with zero attached hydrogens (tertiary/aromatic N) is 3. The van der Waals surface area contributed by atoms with Crippen molar-refractivity contribution >= 4 is 40.7 Å². The van der Waals surface area contributed by atoms with Gasteiger partial charge in [0, 0.05) is 26.8 Å². The zero-order chi connectivity index (χ0) is 24.6. The van der Waals surface area contributed by atoms with Gasteiger partial charge in [-0.25, -0.2) is 4.98 Å². The van der Waals surface area contributed by atoms with Gasteiger partial charge in [-0.15, -0.1) is 0 Å². The van der Waals surface area contributed by atoms with Gasteiger partial charge in [0.05, 0.1) is 22.2 Å². The highest BCUT2D eigenvalue weighted by molar-refractivity contribution is 7.14. The van der Waals surface area contributed by atoms with Crippen LogP contribution in [0, 0.1) is 0 Å². The second kappa shape index (κ2) is 9.71. The largest absolute Gasteiger partial charge is 0.491 e. The van der Waals surface area contributed by atoms with Crippen LogP contribution in [0.25, 0.3) is 32.4 Å². The number of para-hydroxylation sites is 1. The van der Waals surface area contributed by atoms with Crippen molar-refractivity contribution in [1.82, 2.24) is 13.5 Å². The van der Waals surface area contributed by atoms with Crippen LogP contribution in [0.2, 0.25) is 25.7 Å². The monoisotopic (exact) mass is 509 g/mol. The minimum Gasteiger partial charge on any atom is -0.491 e. The molecule has 0 radical (unpaired) electrons. The zero-order valence-corrected chi connectivity index (χ0v) is 22.3. The maximum atomic E-state index is 13.8. The first-order valence-electron chi connectivity index (χ1n) is 12.2. The molecular formula is C26H31N3O4SSi. The van der Waals surface area contributed by atoms with Gasteiger partial charge >= 0.3 is 0 Å². The molecule has 0 spiro atoms. The van der Waals surface area contributed by atoms with E-state index >= 15 is 0 Å². The standard InChI is InChI=1S/C26H31N3O4SSi/c1-35(2,3)16-15-32-17-28-20-11-8-12-21-23(20)27-22(26(28)31)18-9-7-10-19-24(18)34-29(25(19)30)13-5-4-6-14-33-21/h7-12H,4-6,13-17H2,1-3H3. The summed E-state index contributed by atoms with van der Waals surface area (Å²) in [6, 6.07) is 12.3. The molecule has 9 heteroatoms. The van der Waals surface area contributed by atoms with E-state index in [1.807, 2.05) is 36.4 Å². The lowest BCUT2D eigenvalue weighted by Gasteiger charge is -2.18. The third-order valence-corrected chi connectivity index (χ3v) is 9.24. The van der Waals surface area contributed by atoms with Gasteiger partial charge in [0.2, 0.25) is 0 Å². The fraction of sp³-hybridized carbons (Fsp3) is 0.423. The minimum atomic E-state index is -1.26. The molecule has 1 aliphatic heterocycles. The van der Waals surface area contributed by atoms with Crippen molar-refractivity contribution in [2.24, 2.45) is 0 Å². The van der Waals surface area contributed by atoms with E-state index in [4.69, 9.17) is 14.5 Å². The van der Waals surface area contributed by atoms with E-state index in [2.05, 4.69) is 19.6 Å². The van der Waals surface area contributed by atoms with Gasteiger partial charge in [-0.05, 0) is 43.5 Å². The zero-order valence-electron chi connectivity index (χ0n) is 20.5.